The molecule has 2 aromatic carbocycles. The van der Waals surface area contributed by atoms with E-state index in [-0.39, 0.29) is 11.8 Å². The maximum atomic E-state index is 12.6. The monoisotopic (exact) mass is 378 g/mol. The molecule has 5 heteroatoms. The average Bonchev–Trinajstić information content (AvgIpc) is 3.09. The fourth-order valence-electron chi connectivity index (χ4n) is 3.02. The number of hydrogen-bond acceptors (Lipinski definition) is 4. The number of nitrogens with one attached hydrogen (secondary N) is 1. The molecule has 5 nitrogen and oxygen atoms in total. The second-order valence-electron chi connectivity index (χ2n) is 7.14. The summed E-state index contributed by atoms with van der Waals surface area (Å²) in [7, 11) is 0. The number of hydrogen-bond donors (Lipinski definition) is 1. The Morgan fingerprint density at radius 1 is 1.04 bits per heavy atom. The van der Waals surface area contributed by atoms with Gasteiger partial charge in [-0.05, 0) is 23.6 Å². The zero-order valence-electron chi connectivity index (χ0n) is 16.6. The van der Waals surface area contributed by atoms with Crippen LogP contribution in [0.1, 0.15) is 58.3 Å². The van der Waals surface area contributed by atoms with Crippen LogP contribution in [0.2, 0.25) is 0 Å². The highest BCUT2D eigenvalue weighted by Crippen LogP contribution is 2.22. The molecule has 146 valence electrons. The van der Waals surface area contributed by atoms with Crippen LogP contribution in [-0.4, -0.2) is 11.1 Å². The molecule has 0 aliphatic heterocycles. The minimum Gasteiger partial charge on any atom is -0.372 e. The van der Waals surface area contributed by atoms with E-state index in [1.165, 1.54) is 0 Å². The first kappa shape index (κ1) is 19.8. The van der Waals surface area contributed by atoms with Gasteiger partial charge in [0.15, 0.2) is 5.76 Å². The Bertz CT molecular complexity index is 917. The van der Waals surface area contributed by atoms with Crippen LogP contribution in [0.3, 0.4) is 0 Å². The summed E-state index contributed by atoms with van der Waals surface area (Å²) in [5.74, 6) is 0.568. The van der Waals surface area contributed by atoms with Crippen LogP contribution in [0.5, 0.6) is 0 Å². The summed E-state index contributed by atoms with van der Waals surface area (Å²) in [5.41, 5.74) is 4.40. The van der Waals surface area contributed by atoms with Gasteiger partial charge in [-0.2, -0.15) is 0 Å². The second kappa shape index (κ2) is 9.33. The maximum Gasteiger partial charge on any atom is 0.257 e. The van der Waals surface area contributed by atoms with Gasteiger partial charge in [-0.25, -0.2) is 0 Å². The summed E-state index contributed by atoms with van der Waals surface area (Å²) in [6.45, 7) is 7.29. The molecule has 0 saturated heterocycles. The van der Waals surface area contributed by atoms with Crippen LogP contribution in [0, 0.1) is 6.92 Å². The molecular weight excluding hydrogens is 352 g/mol. The first-order valence-electron chi connectivity index (χ1n) is 9.48. The molecule has 0 aliphatic carbocycles. The van der Waals surface area contributed by atoms with Gasteiger partial charge in [-0.3, -0.25) is 4.79 Å². The molecule has 3 aromatic rings. The third-order valence-electron chi connectivity index (χ3n) is 4.47. The number of carbonyl (C=O) groups excluding carboxylic acids is 1. The minimum atomic E-state index is -0.159. The number of aromatic nitrogens is 1. The maximum absolute atomic E-state index is 12.6. The lowest BCUT2D eigenvalue weighted by Gasteiger charge is -2.09. The normalized spacial score (nSPS) is 11.0. The van der Waals surface area contributed by atoms with Crippen LogP contribution in [-0.2, 0) is 24.5 Å². The summed E-state index contributed by atoms with van der Waals surface area (Å²) in [4.78, 5) is 12.6. The molecule has 0 aliphatic rings. The number of nitrogens with zero attached hydrogens (tertiary/aromatic N) is 1. The first-order valence-corrected chi connectivity index (χ1v) is 9.48. The molecule has 0 bridgehead atoms. The van der Waals surface area contributed by atoms with Gasteiger partial charge in [-0.15, -0.1) is 0 Å². The Labute approximate surface area is 165 Å². The summed E-state index contributed by atoms with van der Waals surface area (Å²) in [6, 6.07) is 18.1. The average molecular weight is 378 g/mol. The van der Waals surface area contributed by atoms with Crippen LogP contribution in [0.25, 0.3) is 0 Å². The predicted octanol–water partition coefficient (Wildman–Crippen LogP) is 4.75. The Balaban J connectivity index is 1.56. The largest absolute Gasteiger partial charge is 0.372 e. The molecule has 0 radical (unpaired) electrons. The lowest BCUT2D eigenvalue weighted by Crippen LogP contribution is -2.24. The smallest absolute Gasteiger partial charge is 0.257 e. The van der Waals surface area contributed by atoms with Crippen molar-refractivity contribution in [1.82, 2.24) is 10.5 Å². The molecule has 0 fully saturated rings. The van der Waals surface area contributed by atoms with Crippen LogP contribution >= 0.6 is 0 Å². The molecule has 28 heavy (non-hydrogen) atoms. The van der Waals surface area contributed by atoms with E-state index in [1.54, 1.807) is 6.92 Å². The van der Waals surface area contributed by atoms with E-state index >= 15 is 0 Å². The quantitative estimate of drug-likeness (QED) is 0.614. The lowest BCUT2D eigenvalue weighted by molar-refractivity contribution is 0.0947. The summed E-state index contributed by atoms with van der Waals surface area (Å²) in [5, 5.41) is 6.90. The van der Waals surface area contributed by atoms with E-state index in [2.05, 4.69) is 16.5 Å². The van der Waals surface area contributed by atoms with E-state index in [0.29, 0.717) is 36.8 Å². The van der Waals surface area contributed by atoms with Gasteiger partial charge in [0.25, 0.3) is 5.91 Å². The molecule has 0 saturated carbocycles. The van der Waals surface area contributed by atoms with Crippen LogP contribution in [0.4, 0.5) is 0 Å². The minimum absolute atomic E-state index is 0.104. The van der Waals surface area contributed by atoms with Crippen molar-refractivity contribution >= 4 is 5.91 Å². The molecule has 1 N–H and O–H groups in total. The third-order valence-corrected chi connectivity index (χ3v) is 4.47. The van der Waals surface area contributed by atoms with Crippen molar-refractivity contribution in [2.45, 2.75) is 46.4 Å². The number of benzene rings is 2. The van der Waals surface area contributed by atoms with Crippen molar-refractivity contribution in [1.29, 1.82) is 0 Å². The summed E-state index contributed by atoms with van der Waals surface area (Å²) in [6.07, 6.45) is 0. The topological polar surface area (TPSA) is 64.4 Å². The van der Waals surface area contributed by atoms with Gasteiger partial charge < -0.3 is 14.6 Å². The highest BCUT2D eigenvalue weighted by molar-refractivity contribution is 5.96. The molecule has 1 aromatic heterocycles. The molecule has 0 spiro atoms. The third kappa shape index (κ3) is 5.08. The summed E-state index contributed by atoms with van der Waals surface area (Å²) < 4.78 is 11.1. The van der Waals surface area contributed by atoms with E-state index in [9.17, 15) is 4.79 Å². The fraction of sp³-hybridized carbons (Fsp3) is 0.304. The van der Waals surface area contributed by atoms with E-state index in [1.807, 2.05) is 62.4 Å². The number of amides is 1. The molecule has 3 rings (SSSR count). The molecule has 1 amide bonds. The van der Waals surface area contributed by atoms with E-state index in [4.69, 9.17) is 9.26 Å². The molecule has 0 unspecified atom stereocenters. The zero-order valence-corrected chi connectivity index (χ0v) is 16.6. The van der Waals surface area contributed by atoms with Gasteiger partial charge in [-0.1, -0.05) is 73.6 Å². The Morgan fingerprint density at radius 2 is 1.71 bits per heavy atom. The second-order valence-corrected chi connectivity index (χ2v) is 7.14. The highest BCUT2D eigenvalue weighted by Gasteiger charge is 2.22. The van der Waals surface area contributed by atoms with Crippen LogP contribution < -0.4 is 5.32 Å². The Hall–Kier alpha value is -2.92. The zero-order chi connectivity index (χ0) is 19.9. The highest BCUT2D eigenvalue weighted by atomic mass is 16.5. The summed E-state index contributed by atoms with van der Waals surface area (Å²) >= 11 is 0. The molecule has 1 heterocycles. The molecule has 0 atom stereocenters. The number of carbonyl (C=O) groups is 1. The number of rotatable bonds is 8. The van der Waals surface area contributed by atoms with E-state index in [0.717, 1.165) is 16.7 Å². The van der Waals surface area contributed by atoms with Gasteiger partial charge in [0.05, 0.1) is 18.9 Å². The van der Waals surface area contributed by atoms with Crippen molar-refractivity contribution in [3.05, 3.63) is 88.3 Å². The van der Waals surface area contributed by atoms with Crippen molar-refractivity contribution in [2.75, 3.05) is 0 Å². The van der Waals surface area contributed by atoms with Crippen molar-refractivity contribution in [3.63, 3.8) is 0 Å². The van der Waals surface area contributed by atoms with Gasteiger partial charge >= 0.3 is 0 Å². The fourth-order valence-corrected chi connectivity index (χ4v) is 3.02. The Morgan fingerprint density at radius 3 is 2.46 bits per heavy atom. The standard InChI is InChI=1S/C23H26N2O3/c1-16(2)22-21(17(3)25-28-22)23(26)24-13-19-10-7-11-20(12-19)15-27-14-18-8-5-4-6-9-18/h4-12,16H,13-15H2,1-3H3,(H,24,26). The predicted molar refractivity (Wildman–Crippen MR) is 108 cm³/mol. The SMILES string of the molecule is Cc1noc(C(C)C)c1C(=O)NCc1cccc(COCc2ccccc2)c1. The van der Waals surface area contributed by atoms with Gasteiger partial charge in [0, 0.05) is 12.5 Å². The van der Waals surface area contributed by atoms with Crippen molar-refractivity contribution in [2.24, 2.45) is 0 Å². The van der Waals surface area contributed by atoms with Crippen molar-refractivity contribution in [3.8, 4) is 0 Å². The number of aryl methyl sites for hydroxylation is 1. The van der Waals surface area contributed by atoms with Gasteiger partial charge in [0.2, 0.25) is 0 Å². The van der Waals surface area contributed by atoms with Gasteiger partial charge in [0.1, 0.15) is 5.56 Å². The molecular formula is C23H26N2O3. The first-order chi connectivity index (χ1) is 13.5. The van der Waals surface area contributed by atoms with Crippen molar-refractivity contribution < 1.29 is 14.1 Å². The van der Waals surface area contributed by atoms with Crippen LogP contribution in [0.15, 0.2) is 59.1 Å². The van der Waals surface area contributed by atoms with E-state index < -0.39 is 0 Å². The lowest BCUT2D eigenvalue weighted by atomic mass is 10.0. The number of ether oxygens (including phenoxy) is 1. The Kier molecular flexibility index (Phi) is 6.61.